The fourth-order valence-corrected chi connectivity index (χ4v) is 4.18. The van der Waals surface area contributed by atoms with Crippen LogP contribution in [0.15, 0.2) is 109 Å². The van der Waals surface area contributed by atoms with E-state index in [1.807, 2.05) is 72.8 Å². The molecule has 2 aromatic heterocycles. The Bertz CT molecular complexity index is 1430. The zero-order valence-corrected chi connectivity index (χ0v) is 21.8. The summed E-state index contributed by atoms with van der Waals surface area (Å²) in [5.41, 5.74) is 7.01. The van der Waals surface area contributed by atoms with Crippen LogP contribution < -0.4 is 0 Å². The molecule has 0 atom stereocenters. The molecule has 0 aliphatic heterocycles. The summed E-state index contributed by atoms with van der Waals surface area (Å²) in [6, 6.07) is 37.3. The van der Waals surface area contributed by atoms with E-state index in [-0.39, 0.29) is 32.2 Å². The third-order valence-corrected chi connectivity index (χ3v) is 6.25. The van der Waals surface area contributed by atoms with Gasteiger partial charge in [0.25, 0.3) is 0 Å². The fraction of sp³-hybridized carbons (Fsp3) is 0.0968. The van der Waals surface area contributed by atoms with Gasteiger partial charge in [0.2, 0.25) is 0 Å². The van der Waals surface area contributed by atoms with Crippen molar-refractivity contribution in [1.29, 1.82) is 0 Å². The van der Waals surface area contributed by atoms with Crippen LogP contribution in [0.4, 0.5) is 0 Å². The molecule has 3 nitrogen and oxygen atoms in total. The molecule has 3 aromatic carbocycles. The van der Waals surface area contributed by atoms with Crippen molar-refractivity contribution >= 4 is 0 Å². The standard InChI is InChI=1S/C31H25N2O.Pt/c1-31(2,24-12-4-3-5-13-24)25-17-18-30(34)26(21-25)29-16-9-15-28(33-29)23-11-8-10-22(20-23)27-14-6-7-19-32-27;/h3-19,21,34H,1-2H3;/q-1;. The zero-order valence-electron chi connectivity index (χ0n) is 19.6. The molecular weight excluding hydrogens is 611 g/mol. The van der Waals surface area contributed by atoms with Crippen LogP contribution >= 0.6 is 0 Å². The van der Waals surface area contributed by atoms with Crippen molar-refractivity contribution < 1.29 is 26.2 Å². The summed E-state index contributed by atoms with van der Waals surface area (Å²) in [6.07, 6.45) is 1.78. The summed E-state index contributed by atoms with van der Waals surface area (Å²) >= 11 is 0. The molecule has 0 fully saturated rings. The third-order valence-electron chi connectivity index (χ3n) is 6.25. The van der Waals surface area contributed by atoms with Crippen LogP contribution in [0.1, 0.15) is 25.0 Å². The van der Waals surface area contributed by atoms with Crippen LogP contribution in [0.2, 0.25) is 0 Å². The first kappa shape index (κ1) is 24.6. The van der Waals surface area contributed by atoms with Crippen molar-refractivity contribution in [3.63, 3.8) is 0 Å². The summed E-state index contributed by atoms with van der Waals surface area (Å²) in [5, 5.41) is 10.7. The summed E-state index contributed by atoms with van der Waals surface area (Å²) in [6.45, 7) is 4.39. The van der Waals surface area contributed by atoms with Crippen LogP contribution in [0, 0.1) is 6.07 Å². The Kier molecular flexibility index (Phi) is 7.28. The van der Waals surface area contributed by atoms with E-state index in [0.717, 1.165) is 33.8 Å². The normalized spacial score (nSPS) is 11.0. The topological polar surface area (TPSA) is 46.0 Å². The minimum Gasteiger partial charge on any atom is -0.507 e. The summed E-state index contributed by atoms with van der Waals surface area (Å²) in [5.74, 6) is 0.212. The Hall–Kier alpha value is -3.55. The van der Waals surface area contributed by atoms with Gasteiger partial charge in [0.15, 0.2) is 0 Å². The molecule has 0 amide bonds. The Morgan fingerprint density at radius 3 is 2.06 bits per heavy atom. The van der Waals surface area contributed by atoms with Crippen molar-refractivity contribution in [3.8, 4) is 39.5 Å². The van der Waals surface area contributed by atoms with Gasteiger partial charge in [-0.3, -0.25) is 9.97 Å². The molecule has 0 spiro atoms. The second-order valence-corrected chi connectivity index (χ2v) is 8.82. The van der Waals surface area contributed by atoms with Gasteiger partial charge < -0.3 is 5.11 Å². The smallest absolute Gasteiger partial charge is 0.124 e. The van der Waals surface area contributed by atoms with Crippen molar-refractivity contribution in [2.75, 3.05) is 0 Å². The first-order valence-corrected chi connectivity index (χ1v) is 11.3. The Balaban J connectivity index is 0.00000289. The van der Waals surface area contributed by atoms with Crippen molar-refractivity contribution in [3.05, 3.63) is 127 Å². The zero-order chi connectivity index (χ0) is 23.5. The quantitative estimate of drug-likeness (QED) is 0.206. The number of benzene rings is 3. The van der Waals surface area contributed by atoms with Gasteiger partial charge in [-0.05, 0) is 35.4 Å². The number of hydrogen-bond acceptors (Lipinski definition) is 3. The molecule has 1 N–H and O–H groups in total. The molecule has 0 radical (unpaired) electrons. The number of pyridine rings is 2. The molecule has 5 rings (SSSR count). The third kappa shape index (κ3) is 5.11. The van der Waals surface area contributed by atoms with Gasteiger partial charge in [0.05, 0.1) is 5.69 Å². The number of aromatic hydroxyl groups is 1. The Morgan fingerprint density at radius 2 is 1.31 bits per heavy atom. The van der Waals surface area contributed by atoms with Crippen LogP contribution in [-0.4, -0.2) is 15.1 Å². The van der Waals surface area contributed by atoms with Crippen molar-refractivity contribution in [2.45, 2.75) is 19.3 Å². The van der Waals surface area contributed by atoms with Gasteiger partial charge in [-0.25, -0.2) is 0 Å². The van der Waals surface area contributed by atoms with Crippen LogP contribution in [0.25, 0.3) is 33.8 Å². The largest absolute Gasteiger partial charge is 0.507 e. The Labute approximate surface area is 220 Å². The second kappa shape index (κ2) is 10.4. The predicted molar refractivity (Wildman–Crippen MR) is 137 cm³/mol. The second-order valence-electron chi connectivity index (χ2n) is 8.82. The van der Waals surface area contributed by atoms with E-state index < -0.39 is 0 Å². The molecule has 0 bridgehead atoms. The molecule has 0 unspecified atom stereocenters. The maximum atomic E-state index is 10.7. The van der Waals surface area contributed by atoms with Crippen molar-refractivity contribution in [2.24, 2.45) is 0 Å². The number of phenolic OH excluding ortho intramolecular Hbond substituents is 1. The van der Waals surface area contributed by atoms with E-state index in [4.69, 9.17) is 4.98 Å². The molecule has 0 aliphatic carbocycles. The first-order valence-electron chi connectivity index (χ1n) is 11.3. The predicted octanol–water partition coefficient (Wildman–Crippen LogP) is 7.31. The SMILES string of the molecule is CC(C)(c1ccccc1)c1ccc(O)c(-c2cccc(-c3[c-]c(-c4ccccn4)ccc3)n2)c1.[Pt]. The number of nitrogens with zero attached hydrogens (tertiary/aromatic N) is 2. The molecule has 0 aliphatic rings. The molecule has 5 aromatic rings. The average Bonchev–Trinajstić information content (AvgIpc) is 2.90. The van der Waals surface area contributed by atoms with E-state index in [1.54, 1.807) is 12.3 Å². The maximum absolute atomic E-state index is 10.7. The molecule has 0 saturated heterocycles. The van der Waals surface area contributed by atoms with E-state index >= 15 is 0 Å². The molecule has 4 heteroatoms. The number of hydrogen-bond donors (Lipinski definition) is 1. The van der Waals surface area contributed by atoms with Gasteiger partial charge in [0.1, 0.15) is 5.75 Å². The van der Waals surface area contributed by atoms with Crippen LogP contribution in [0.3, 0.4) is 0 Å². The van der Waals surface area contributed by atoms with Gasteiger partial charge in [-0.2, -0.15) is 0 Å². The molecular formula is C31H25N2OPt-. The molecule has 0 saturated carbocycles. The summed E-state index contributed by atoms with van der Waals surface area (Å²) in [4.78, 5) is 9.33. The Morgan fingerprint density at radius 1 is 0.657 bits per heavy atom. The minimum absolute atomic E-state index is 0. The van der Waals surface area contributed by atoms with E-state index in [1.165, 1.54) is 5.56 Å². The van der Waals surface area contributed by atoms with Gasteiger partial charge in [0, 0.05) is 49.6 Å². The molecule has 2 heterocycles. The van der Waals surface area contributed by atoms with Crippen LogP contribution in [0.5, 0.6) is 5.75 Å². The summed E-state index contributed by atoms with van der Waals surface area (Å²) in [7, 11) is 0. The van der Waals surface area contributed by atoms with Gasteiger partial charge in [-0.1, -0.05) is 85.6 Å². The van der Waals surface area contributed by atoms with Gasteiger partial charge >= 0.3 is 0 Å². The van der Waals surface area contributed by atoms with Crippen LogP contribution in [-0.2, 0) is 26.5 Å². The molecule has 176 valence electrons. The summed E-state index contributed by atoms with van der Waals surface area (Å²) < 4.78 is 0. The molecule has 35 heavy (non-hydrogen) atoms. The average molecular weight is 637 g/mol. The maximum Gasteiger partial charge on any atom is 0.124 e. The number of aromatic nitrogens is 2. The first-order chi connectivity index (χ1) is 16.5. The van der Waals surface area contributed by atoms with E-state index in [9.17, 15) is 5.11 Å². The fourth-order valence-electron chi connectivity index (χ4n) is 4.18. The van der Waals surface area contributed by atoms with Crippen molar-refractivity contribution in [1.82, 2.24) is 9.97 Å². The monoisotopic (exact) mass is 636 g/mol. The van der Waals surface area contributed by atoms with E-state index in [2.05, 4.69) is 49.2 Å². The van der Waals surface area contributed by atoms with E-state index in [0.29, 0.717) is 5.56 Å². The minimum atomic E-state index is -0.216. The van der Waals surface area contributed by atoms with Gasteiger partial charge in [-0.15, -0.1) is 24.3 Å². The number of rotatable bonds is 5. The number of phenols is 1.